The smallest absolute Gasteiger partial charge is 0.210 e. The summed E-state index contributed by atoms with van der Waals surface area (Å²) >= 11 is 0. The van der Waals surface area contributed by atoms with E-state index in [0.29, 0.717) is 19.7 Å². The molecule has 0 saturated carbocycles. The first kappa shape index (κ1) is 7.79. The van der Waals surface area contributed by atoms with Crippen molar-refractivity contribution in [1.82, 2.24) is 4.57 Å². The van der Waals surface area contributed by atoms with Crippen molar-refractivity contribution in [3.8, 4) is 0 Å². The number of hydrogen-bond acceptors (Lipinski definition) is 2. The Morgan fingerprint density at radius 3 is 2.83 bits per heavy atom. The first-order chi connectivity index (χ1) is 5.86. The minimum atomic E-state index is -0.211. The lowest BCUT2D eigenvalue weighted by atomic mass is 10.5. The number of aromatic nitrogens is 1. The second kappa shape index (κ2) is 3.26. The van der Waals surface area contributed by atoms with E-state index >= 15 is 0 Å². The van der Waals surface area contributed by atoms with Crippen LogP contribution in [-0.4, -0.2) is 23.9 Å². The largest absolute Gasteiger partial charge is 0.632 e. The van der Waals surface area contributed by atoms with Crippen LogP contribution in [-0.2, 0) is 11.3 Å². The number of quaternary nitrogens is 1. The van der Waals surface area contributed by atoms with Gasteiger partial charge in [-0.15, -0.1) is 0 Å². The molecule has 1 fully saturated rings. The molecule has 1 aromatic rings. The van der Waals surface area contributed by atoms with E-state index in [1.807, 2.05) is 29.1 Å². The fourth-order valence-electron chi connectivity index (χ4n) is 1.39. The second-order valence-electron chi connectivity index (χ2n) is 2.96. The summed E-state index contributed by atoms with van der Waals surface area (Å²) in [7, 11) is 0. The fraction of sp³-hybridized carbons (Fsp3) is 0.500. The first-order valence-corrected chi connectivity index (χ1v) is 4.11. The van der Waals surface area contributed by atoms with Gasteiger partial charge in [0.15, 0.2) is 0 Å². The molecule has 0 spiro atoms. The molecular weight excluding hydrogens is 156 g/mol. The molecule has 2 unspecified atom stereocenters. The molecule has 1 aliphatic heterocycles. The van der Waals surface area contributed by atoms with Gasteiger partial charge in [-0.25, -0.2) is 0 Å². The molecule has 0 radical (unpaired) electrons. The molecule has 0 amide bonds. The number of nitrogens with one attached hydrogen (secondary N) is 1. The summed E-state index contributed by atoms with van der Waals surface area (Å²) in [6, 6.07) is 3.89. The van der Waals surface area contributed by atoms with Gasteiger partial charge in [0, 0.05) is 12.4 Å². The Bertz CT molecular complexity index is 235. The maximum atomic E-state index is 11.2. The van der Waals surface area contributed by atoms with Crippen LogP contribution in [0.1, 0.15) is 0 Å². The summed E-state index contributed by atoms with van der Waals surface area (Å²) in [4.78, 5) is 0. The zero-order valence-electron chi connectivity index (χ0n) is 6.77. The third kappa shape index (κ3) is 1.50. The van der Waals surface area contributed by atoms with Gasteiger partial charge in [0.1, 0.15) is 19.7 Å². The van der Waals surface area contributed by atoms with E-state index in [2.05, 4.69) is 0 Å². The van der Waals surface area contributed by atoms with Gasteiger partial charge in [-0.2, -0.15) is 0 Å². The monoisotopic (exact) mass is 168 g/mol. The van der Waals surface area contributed by atoms with E-state index < -0.39 is 0 Å². The van der Waals surface area contributed by atoms with Crippen LogP contribution in [0.2, 0.25) is 0 Å². The van der Waals surface area contributed by atoms with E-state index in [4.69, 9.17) is 4.74 Å². The summed E-state index contributed by atoms with van der Waals surface area (Å²) in [6.07, 6.45) is 3.67. The predicted molar refractivity (Wildman–Crippen MR) is 43.4 cm³/mol. The molecule has 2 atom stereocenters. The van der Waals surface area contributed by atoms with Crippen LogP contribution in [0.15, 0.2) is 24.5 Å². The molecule has 4 nitrogen and oxygen atoms in total. The van der Waals surface area contributed by atoms with Gasteiger partial charge in [0.2, 0.25) is 6.23 Å². The molecule has 4 heteroatoms. The molecule has 0 aromatic carbocycles. The topological polar surface area (TPSA) is 41.7 Å². The van der Waals surface area contributed by atoms with Crippen molar-refractivity contribution < 1.29 is 9.80 Å². The highest BCUT2D eigenvalue weighted by Crippen LogP contribution is 1.96. The Kier molecular flexibility index (Phi) is 2.12. The van der Waals surface area contributed by atoms with Crippen molar-refractivity contribution >= 4 is 0 Å². The summed E-state index contributed by atoms with van der Waals surface area (Å²) in [6.45, 7) is 1.82. The van der Waals surface area contributed by atoms with Crippen LogP contribution in [0.5, 0.6) is 0 Å². The summed E-state index contributed by atoms with van der Waals surface area (Å²) in [5, 5.41) is 11.4. The summed E-state index contributed by atoms with van der Waals surface area (Å²) in [5.74, 6) is 0. The van der Waals surface area contributed by atoms with Crippen LogP contribution < -0.4 is 5.06 Å². The molecule has 66 valence electrons. The maximum absolute atomic E-state index is 11.2. The lowest BCUT2D eigenvalue weighted by Gasteiger charge is -2.22. The van der Waals surface area contributed by atoms with Crippen molar-refractivity contribution in [3.05, 3.63) is 29.7 Å². The zero-order chi connectivity index (χ0) is 8.39. The lowest BCUT2D eigenvalue weighted by molar-refractivity contribution is -0.875. The van der Waals surface area contributed by atoms with Gasteiger partial charge >= 0.3 is 0 Å². The van der Waals surface area contributed by atoms with Gasteiger partial charge in [-0.3, -0.25) is 0 Å². The standard InChI is InChI=1S/C8H12N2O2/c11-10-5-6-12-8(10)7-9-3-1-2-4-9/h1-4,8,10H,5-7H2. The third-order valence-corrected chi connectivity index (χ3v) is 2.07. The average Bonchev–Trinajstić information content (AvgIpc) is 2.65. The fourth-order valence-corrected chi connectivity index (χ4v) is 1.39. The molecule has 0 bridgehead atoms. The SMILES string of the molecule is [O-][NH+]1CCOC1Cn1cccc1. The number of hydrogen-bond donors (Lipinski definition) is 1. The first-order valence-electron chi connectivity index (χ1n) is 4.11. The van der Waals surface area contributed by atoms with E-state index in [1.165, 1.54) is 0 Å². The second-order valence-corrected chi connectivity index (χ2v) is 2.96. The highest BCUT2D eigenvalue weighted by molar-refractivity contribution is 4.90. The van der Waals surface area contributed by atoms with E-state index in [0.717, 1.165) is 0 Å². The molecule has 2 rings (SSSR count). The number of hydroxylamine groups is 2. The van der Waals surface area contributed by atoms with Gasteiger partial charge in [-0.1, -0.05) is 0 Å². The minimum Gasteiger partial charge on any atom is -0.632 e. The van der Waals surface area contributed by atoms with Gasteiger partial charge in [0.05, 0.1) is 0 Å². The Morgan fingerprint density at radius 1 is 1.50 bits per heavy atom. The Balaban J connectivity index is 1.95. The van der Waals surface area contributed by atoms with Crippen molar-refractivity contribution in [2.24, 2.45) is 0 Å². The molecule has 0 aliphatic carbocycles. The number of ether oxygens (including phenoxy) is 1. The van der Waals surface area contributed by atoms with Gasteiger partial charge in [0.25, 0.3) is 0 Å². The average molecular weight is 168 g/mol. The third-order valence-electron chi connectivity index (χ3n) is 2.07. The number of rotatable bonds is 2. The molecule has 1 N–H and O–H groups in total. The Morgan fingerprint density at radius 2 is 2.25 bits per heavy atom. The van der Waals surface area contributed by atoms with Crippen LogP contribution in [0.25, 0.3) is 0 Å². The lowest BCUT2D eigenvalue weighted by Crippen LogP contribution is -3.09. The highest BCUT2D eigenvalue weighted by atomic mass is 16.6. The molecule has 1 aromatic heterocycles. The normalized spacial score (nSPS) is 29.4. The van der Waals surface area contributed by atoms with Crippen molar-refractivity contribution in [3.63, 3.8) is 0 Å². The molecule has 1 aliphatic rings. The van der Waals surface area contributed by atoms with Gasteiger partial charge in [-0.05, 0) is 12.1 Å². The Labute approximate surface area is 70.9 Å². The van der Waals surface area contributed by atoms with Crippen LogP contribution in [0.3, 0.4) is 0 Å². The van der Waals surface area contributed by atoms with Crippen molar-refractivity contribution in [2.75, 3.05) is 13.2 Å². The number of nitrogens with zero attached hydrogens (tertiary/aromatic N) is 1. The summed E-state index contributed by atoms with van der Waals surface area (Å²) in [5.41, 5.74) is 0. The van der Waals surface area contributed by atoms with E-state index in [-0.39, 0.29) is 11.3 Å². The van der Waals surface area contributed by atoms with Gasteiger partial charge < -0.3 is 19.6 Å². The van der Waals surface area contributed by atoms with E-state index in [1.54, 1.807) is 0 Å². The highest BCUT2D eigenvalue weighted by Gasteiger charge is 2.22. The molecule has 2 heterocycles. The predicted octanol–water partition coefficient (Wildman–Crippen LogP) is -0.773. The van der Waals surface area contributed by atoms with Crippen molar-refractivity contribution in [1.29, 1.82) is 0 Å². The van der Waals surface area contributed by atoms with Crippen LogP contribution >= 0.6 is 0 Å². The summed E-state index contributed by atoms with van der Waals surface area (Å²) < 4.78 is 7.23. The Hall–Kier alpha value is -0.840. The molecule has 12 heavy (non-hydrogen) atoms. The molecular formula is C8H12N2O2. The zero-order valence-corrected chi connectivity index (χ0v) is 6.77. The van der Waals surface area contributed by atoms with Crippen LogP contribution in [0, 0.1) is 5.21 Å². The minimum absolute atomic E-state index is 0.211. The van der Waals surface area contributed by atoms with Crippen molar-refractivity contribution in [2.45, 2.75) is 12.8 Å². The quantitative estimate of drug-likeness (QED) is 0.589. The van der Waals surface area contributed by atoms with Crippen LogP contribution in [0.4, 0.5) is 0 Å². The van der Waals surface area contributed by atoms with E-state index in [9.17, 15) is 5.21 Å². The molecule has 1 saturated heterocycles. The maximum Gasteiger partial charge on any atom is 0.210 e.